The molecule has 0 aliphatic heterocycles. The number of pyridine rings is 1. The molecule has 1 N–H and O–H groups in total. The van der Waals surface area contributed by atoms with Crippen LogP contribution in [0.2, 0.25) is 5.15 Å². The summed E-state index contributed by atoms with van der Waals surface area (Å²) in [5.74, 6) is -0.240. The van der Waals surface area contributed by atoms with Gasteiger partial charge in [0.15, 0.2) is 0 Å². The smallest absolute Gasteiger partial charge is 0.269 e. The highest BCUT2D eigenvalue weighted by Crippen LogP contribution is 2.22. The average Bonchev–Trinajstić information content (AvgIpc) is 2.47. The van der Waals surface area contributed by atoms with E-state index < -0.39 is 0 Å². The number of ether oxygens (including phenoxy) is 1. The first-order chi connectivity index (χ1) is 9.72. The molecule has 0 saturated carbocycles. The molecule has 0 bridgehead atoms. The number of carbonyl (C=O) groups is 1. The Morgan fingerprint density at radius 2 is 2.25 bits per heavy atom. The van der Waals surface area contributed by atoms with E-state index >= 15 is 0 Å². The van der Waals surface area contributed by atoms with E-state index in [0.717, 1.165) is 10.8 Å². The molecule has 0 aliphatic rings. The largest absolute Gasteiger partial charge is 0.502 e. The first kappa shape index (κ1) is 14.3. The van der Waals surface area contributed by atoms with E-state index in [1.54, 1.807) is 6.07 Å². The summed E-state index contributed by atoms with van der Waals surface area (Å²) in [4.78, 5) is 16.1. The van der Waals surface area contributed by atoms with Gasteiger partial charge in [-0.3, -0.25) is 4.79 Å². The lowest BCUT2D eigenvalue weighted by atomic mass is 10.1. The monoisotopic (exact) mass is 290 g/mol. The van der Waals surface area contributed by atoms with Crippen molar-refractivity contribution in [2.75, 3.05) is 13.2 Å². The van der Waals surface area contributed by atoms with Gasteiger partial charge in [-0.1, -0.05) is 42.4 Å². The summed E-state index contributed by atoms with van der Waals surface area (Å²) in [5, 5.41) is 4.85. The van der Waals surface area contributed by atoms with Gasteiger partial charge in [0, 0.05) is 11.9 Å². The third-order valence-electron chi connectivity index (χ3n) is 2.77. The number of halogens is 1. The predicted molar refractivity (Wildman–Crippen MR) is 79.9 cm³/mol. The number of amides is 1. The second-order valence-electron chi connectivity index (χ2n) is 4.17. The normalized spacial score (nSPS) is 10.2. The van der Waals surface area contributed by atoms with E-state index in [1.807, 2.05) is 24.3 Å². The molecule has 0 aliphatic carbocycles. The number of carbonyl (C=O) groups excluding carboxylic acids is 1. The third-order valence-corrected chi connectivity index (χ3v) is 3.06. The van der Waals surface area contributed by atoms with E-state index in [9.17, 15) is 4.79 Å². The zero-order valence-electron chi connectivity index (χ0n) is 10.9. The van der Waals surface area contributed by atoms with Gasteiger partial charge in [-0.2, -0.15) is 0 Å². The van der Waals surface area contributed by atoms with Crippen LogP contribution in [-0.4, -0.2) is 24.0 Å². The summed E-state index contributed by atoms with van der Waals surface area (Å²) >= 11 is 6.09. The molecule has 0 atom stereocenters. The van der Waals surface area contributed by atoms with Gasteiger partial charge in [0.2, 0.25) is 0 Å². The van der Waals surface area contributed by atoms with Crippen LogP contribution in [0.3, 0.4) is 0 Å². The summed E-state index contributed by atoms with van der Waals surface area (Å²) in [7, 11) is 0. The van der Waals surface area contributed by atoms with Crippen LogP contribution in [-0.2, 0) is 4.74 Å². The molecule has 1 amide bonds. The highest BCUT2D eigenvalue weighted by atomic mass is 35.5. The Bertz CT molecular complexity index is 628. The van der Waals surface area contributed by atoms with E-state index in [2.05, 4.69) is 16.9 Å². The molecule has 0 unspecified atom stereocenters. The van der Waals surface area contributed by atoms with Crippen LogP contribution in [0.5, 0.6) is 0 Å². The quantitative estimate of drug-likeness (QED) is 0.505. The third kappa shape index (κ3) is 3.48. The van der Waals surface area contributed by atoms with Gasteiger partial charge in [0.1, 0.15) is 10.8 Å². The van der Waals surface area contributed by atoms with Crippen molar-refractivity contribution in [3.05, 3.63) is 54.0 Å². The fourth-order valence-electron chi connectivity index (χ4n) is 1.80. The molecule has 1 aromatic heterocycles. The van der Waals surface area contributed by atoms with Crippen molar-refractivity contribution in [1.82, 2.24) is 10.3 Å². The van der Waals surface area contributed by atoms with Gasteiger partial charge >= 0.3 is 0 Å². The van der Waals surface area contributed by atoms with E-state index in [-0.39, 0.29) is 5.91 Å². The Hall–Kier alpha value is -2.07. The van der Waals surface area contributed by atoms with Crippen molar-refractivity contribution in [3.8, 4) is 0 Å². The van der Waals surface area contributed by atoms with Crippen molar-refractivity contribution in [3.63, 3.8) is 0 Å². The van der Waals surface area contributed by atoms with Crippen LogP contribution < -0.4 is 5.32 Å². The molecule has 0 saturated heterocycles. The standard InChI is InChI=1S/C15H15ClN2O2/c1-2-20-9-5-8-17-15(19)13-10-11-6-3-4-7-12(11)14(16)18-13/h2-4,6-7,10H,1,5,8-9H2,(H,17,19). The minimum absolute atomic E-state index is 0.240. The highest BCUT2D eigenvalue weighted by Gasteiger charge is 2.10. The molecule has 1 heterocycles. The first-order valence-corrected chi connectivity index (χ1v) is 6.66. The lowest BCUT2D eigenvalue weighted by Crippen LogP contribution is -2.26. The van der Waals surface area contributed by atoms with E-state index in [0.29, 0.717) is 30.4 Å². The Morgan fingerprint density at radius 3 is 3.05 bits per heavy atom. The van der Waals surface area contributed by atoms with Gasteiger partial charge in [0.25, 0.3) is 5.91 Å². The Kier molecular flexibility index (Phi) is 4.96. The summed E-state index contributed by atoms with van der Waals surface area (Å²) in [6.07, 6.45) is 2.09. The number of benzene rings is 1. The molecule has 2 rings (SSSR count). The zero-order valence-corrected chi connectivity index (χ0v) is 11.7. The molecular weight excluding hydrogens is 276 g/mol. The molecule has 0 fully saturated rings. The van der Waals surface area contributed by atoms with Crippen LogP contribution in [0.1, 0.15) is 16.9 Å². The lowest BCUT2D eigenvalue weighted by molar-refractivity contribution is 0.0945. The maximum atomic E-state index is 12.0. The topological polar surface area (TPSA) is 51.2 Å². The van der Waals surface area contributed by atoms with E-state index in [1.165, 1.54) is 6.26 Å². The molecule has 5 heteroatoms. The molecule has 104 valence electrons. The number of aromatic nitrogens is 1. The molecular formula is C15H15ClN2O2. The van der Waals surface area contributed by atoms with Crippen molar-refractivity contribution in [2.45, 2.75) is 6.42 Å². The van der Waals surface area contributed by atoms with E-state index in [4.69, 9.17) is 16.3 Å². The maximum absolute atomic E-state index is 12.0. The summed E-state index contributed by atoms with van der Waals surface area (Å²) in [5.41, 5.74) is 0.318. The summed E-state index contributed by atoms with van der Waals surface area (Å²) in [6.45, 7) is 4.48. The van der Waals surface area contributed by atoms with Gasteiger partial charge in [-0.15, -0.1) is 0 Å². The minimum Gasteiger partial charge on any atom is -0.502 e. The fourth-order valence-corrected chi connectivity index (χ4v) is 2.07. The number of hydrogen-bond acceptors (Lipinski definition) is 3. The first-order valence-electron chi connectivity index (χ1n) is 6.28. The second-order valence-corrected chi connectivity index (χ2v) is 4.52. The van der Waals surface area contributed by atoms with Crippen LogP contribution in [0.15, 0.2) is 43.2 Å². The molecule has 0 spiro atoms. The highest BCUT2D eigenvalue weighted by molar-refractivity contribution is 6.34. The number of nitrogens with zero attached hydrogens (tertiary/aromatic N) is 1. The van der Waals surface area contributed by atoms with Crippen LogP contribution >= 0.6 is 11.6 Å². The maximum Gasteiger partial charge on any atom is 0.269 e. The Morgan fingerprint density at radius 1 is 1.45 bits per heavy atom. The van der Waals surface area contributed by atoms with Crippen molar-refractivity contribution in [1.29, 1.82) is 0 Å². The van der Waals surface area contributed by atoms with Crippen molar-refractivity contribution >= 4 is 28.3 Å². The van der Waals surface area contributed by atoms with Crippen LogP contribution in [0, 0.1) is 0 Å². The summed E-state index contributed by atoms with van der Waals surface area (Å²) < 4.78 is 4.97. The SMILES string of the molecule is C=COCCCNC(=O)c1cc2ccccc2c(Cl)n1. The Balaban J connectivity index is 2.05. The zero-order chi connectivity index (χ0) is 14.4. The molecule has 1 aromatic carbocycles. The molecule has 20 heavy (non-hydrogen) atoms. The number of rotatable bonds is 6. The van der Waals surface area contributed by atoms with Gasteiger partial charge in [-0.25, -0.2) is 4.98 Å². The number of hydrogen-bond donors (Lipinski definition) is 1. The van der Waals surface area contributed by atoms with Crippen LogP contribution in [0.4, 0.5) is 0 Å². The van der Waals surface area contributed by atoms with Gasteiger partial charge in [-0.05, 0) is 17.9 Å². The van der Waals surface area contributed by atoms with Crippen molar-refractivity contribution in [2.24, 2.45) is 0 Å². The van der Waals surface area contributed by atoms with Gasteiger partial charge < -0.3 is 10.1 Å². The van der Waals surface area contributed by atoms with Crippen LogP contribution in [0.25, 0.3) is 10.8 Å². The second kappa shape index (κ2) is 6.91. The predicted octanol–water partition coefficient (Wildman–Crippen LogP) is 3.17. The number of fused-ring (bicyclic) bond motifs is 1. The minimum atomic E-state index is -0.240. The van der Waals surface area contributed by atoms with Crippen molar-refractivity contribution < 1.29 is 9.53 Å². The molecule has 2 aromatic rings. The van der Waals surface area contributed by atoms with Gasteiger partial charge in [0.05, 0.1) is 12.9 Å². The molecule has 0 radical (unpaired) electrons. The fraction of sp³-hybridized carbons (Fsp3) is 0.200. The number of nitrogens with one attached hydrogen (secondary N) is 1. The lowest BCUT2D eigenvalue weighted by Gasteiger charge is -2.07. The molecule has 4 nitrogen and oxygen atoms in total. The summed E-state index contributed by atoms with van der Waals surface area (Å²) in [6, 6.07) is 9.29. The Labute approximate surface area is 122 Å². The average molecular weight is 291 g/mol.